The van der Waals surface area contributed by atoms with Crippen LogP contribution >= 0.6 is 0 Å². The van der Waals surface area contributed by atoms with Gasteiger partial charge in [0.05, 0.1) is 5.94 Å². The average molecular weight is 451 g/mol. The number of carbonyl (C=O) groups is 3. The lowest BCUT2D eigenvalue weighted by Crippen LogP contribution is -2.57. The highest BCUT2D eigenvalue weighted by atomic mass is 16.4. The number of urea groups is 1. The van der Waals surface area contributed by atoms with Crippen LogP contribution in [0.1, 0.15) is 41.8 Å². The van der Waals surface area contributed by atoms with Crippen LogP contribution in [0.2, 0.25) is 0 Å². The predicted octanol–water partition coefficient (Wildman–Crippen LogP) is 1.55. The molecule has 33 heavy (non-hydrogen) atoms. The van der Waals surface area contributed by atoms with Gasteiger partial charge in [0.25, 0.3) is 5.91 Å². The first-order valence-electron chi connectivity index (χ1n) is 11.2. The minimum atomic E-state index is -1.73. The maximum Gasteiger partial charge on any atom is 0.475 e. The van der Waals surface area contributed by atoms with Gasteiger partial charge in [0.2, 0.25) is 5.91 Å². The van der Waals surface area contributed by atoms with E-state index < -0.39 is 36.9 Å². The molecule has 0 radical (unpaired) electrons. The van der Waals surface area contributed by atoms with Gasteiger partial charge in [0.15, 0.2) is 0 Å². The van der Waals surface area contributed by atoms with Crippen molar-refractivity contribution < 1.29 is 24.4 Å². The maximum atomic E-state index is 13.1. The molecule has 0 aliphatic carbocycles. The summed E-state index contributed by atoms with van der Waals surface area (Å²) in [6, 6.07) is 14.7. The zero-order valence-corrected chi connectivity index (χ0v) is 18.9. The standard InChI is InChI=1S/C24H30BN3O5/c1-16(2)14-21(25(32)33)27-22(29)20(15-17-8-4-3-5-9-17)26-24(31)28-13-12-18-10-6-7-11-19(18)23(28)30/h3-11,16,20-21,32-33H,12-15H2,1-2H3,(H,26,31)(H,27,29)/t20-,21-/m0/s1. The van der Waals surface area contributed by atoms with Gasteiger partial charge in [-0.3, -0.25) is 14.5 Å². The van der Waals surface area contributed by atoms with Crippen molar-refractivity contribution in [1.29, 1.82) is 0 Å². The van der Waals surface area contributed by atoms with Crippen LogP contribution in [0, 0.1) is 5.92 Å². The number of nitrogens with zero attached hydrogens (tertiary/aromatic N) is 1. The Morgan fingerprint density at radius 2 is 1.70 bits per heavy atom. The van der Waals surface area contributed by atoms with Crippen molar-refractivity contribution in [3.8, 4) is 0 Å². The van der Waals surface area contributed by atoms with Crippen LogP contribution in [0.25, 0.3) is 0 Å². The Labute approximate surface area is 194 Å². The lowest BCUT2D eigenvalue weighted by atomic mass is 9.75. The second-order valence-electron chi connectivity index (χ2n) is 8.71. The summed E-state index contributed by atoms with van der Waals surface area (Å²) < 4.78 is 0. The number of benzene rings is 2. The van der Waals surface area contributed by atoms with Gasteiger partial charge in [-0.15, -0.1) is 0 Å². The lowest BCUT2D eigenvalue weighted by molar-refractivity contribution is -0.123. The number of fused-ring (bicyclic) bond motifs is 1. The highest BCUT2D eigenvalue weighted by molar-refractivity contribution is 6.43. The van der Waals surface area contributed by atoms with E-state index in [1.807, 2.05) is 56.3 Å². The van der Waals surface area contributed by atoms with E-state index in [4.69, 9.17) is 0 Å². The van der Waals surface area contributed by atoms with Crippen molar-refractivity contribution in [3.05, 3.63) is 71.3 Å². The molecule has 0 aromatic heterocycles. The van der Waals surface area contributed by atoms with E-state index in [2.05, 4.69) is 10.6 Å². The zero-order chi connectivity index (χ0) is 24.0. The highest BCUT2D eigenvalue weighted by Crippen LogP contribution is 2.19. The van der Waals surface area contributed by atoms with Crippen LogP contribution < -0.4 is 10.6 Å². The number of carbonyl (C=O) groups excluding carboxylic acids is 3. The van der Waals surface area contributed by atoms with Gasteiger partial charge in [-0.1, -0.05) is 62.4 Å². The van der Waals surface area contributed by atoms with Crippen LogP contribution in [0.3, 0.4) is 0 Å². The van der Waals surface area contributed by atoms with Gasteiger partial charge in [0, 0.05) is 18.5 Å². The summed E-state index contributed by atoms with van der Waals surface area (Å²) >= 11 is 0. The van der Waals surface area contributed by atoms with Crippen LogP contribution in [0.4, 0.5) is 4.79 Å². The summed E-state index contributed by atoms with van der Waals surface area (Å²) in [7, 11) is -1.73. The Kier molecular flexibility index (Phi) is 8.24. The number of hydrogen-bond donors (Lipinski definition) is 4. The molecule has 0 unspecified atom stereocenters. The Balaban J connectivity index is 1.77. The molecule has 1 heterocycles. The molecule has 174 valence electrons. The van der Waals surface area contributed by atoms with Crippen molar-refractivity contribution in [2.45, 2.75) is 45.1 Å². The molecule has 0 saturated carbocycles. The Bertz CT molecular complexity index is 983. The molecule has 0 fully saturated rings. The summed E-state index contributed by atoms with van der Waals surface area (Å²) in [6.07, 6.45) is 1.09. The average Bonchev–Trinajstić information content (AvgIpc) is 2.78. The van der Waals surface area contributed by atoms with Crippen molar-refractivity contribution in [2.24, 2.45) is 5.92 Å². The molecule has 9 heteroatoms. The number of rotatable bonds is 8. The third kappa shape index (κ3) is 6.43. The minimum absolute atomic E-state index is 0.116. The van der Waals surface area contributed by atoms with E-state index in [0.717, 1.165) is 16.0 Å². The second kappa shape index (κ2) is 11.1. The topological polar surface area (TPSA) is 119 Å². The first-order chi connectivity index (χ1) is 15.8. The molecule has 4 N–H and O–H groups in total. The highest BCUT2D eigenvalue weighted by Gasteiger charge is 2.33. The molecule has 4 amide bonds. The molecule has 1 aliphatic rings. The van der Waals surface area contributed by atoms with Gasteiger partial charge in [-0.05, 0) is 36.0 Å². The molecule has 8 nitrogen and oxygen atoms in total. The van der Waals surface area contributed by atoms with Crippen molar-refractivity contribution in [2.75, 3.05) is 6.54 Å². The fraction of sp³-hybridized carbons (Fsp3) is 0.375. The van der Waals surface area contributed by atoms with Gasteiger partial charge in [-0.25, -0.2) is 4.79 Å². The van der Waals surface area contributed by atoms with Gasteiger partial charge < -0.3 is 20.7 Å². The number of nitrogens with one attached hydrogen (secondary N) is 2. The molecular formula is C24H30BN3O5. The Morgan fingerprint density at radius 3 is 2.36 bits per heavy atom. The maximum absolute atomic E-state index is 13.1. The summed E-state index contributed by atoms with van der Waals surface area (Å²) in [5.74, 6) is -1.71. The fourth-order valence-corrected chi connectivity index (χ4v) is 3.95. The molecule has 0 saturated heterocycles. The largest absolute Gasteiger partial charge is 0.475 e. The molecule has 0 spiro atoms. The van der Waals surface area contributed by atoms with E-state index in [0.29, 0.717) is 18.4 Å². The van der Waals surface area contributed by atoms with Gasteiger partial charge >= 0.3 is 13.1 Å². The summed E-state index contributed by atoms with van der Waals surface area (Å²) in [5.41, 5.74) is 2.18. The normalized spacial score (nSPS) is 14.9. The molecule has 3 rings (SSSR count). The van der Waals surface area contributed by atoms with E-state index in [1.54, 1.807) is 12.1 Å². The Hall–Kier alpha value is -3.17. The first kappa shape index (κ1) is 24.5. The fourth-order valence-electron chi connectivity index (χ4n) is 3.95. The van der Waals surface area contributed by atoms with Crippen molar-refractivity contribution in [1.82, 2.24) is 15.5 Å². The van der Waals surface area contributed by atoms with Gasteiger partial charge in [0.1, 0.15) is 6.04 Å². The second-order valence-corrected chi connectivity index (χ2v) is 8.71. The van der Waals surface area contributed by atoms with Crippen LogP contribution in [0.15, 0.2) is 54.6 Å². The molecule has 1 aliphatic heterocycles. The number of hydrogen-bond acceptors (Lipinski definition) is 5. The third-order valence-electron chi connectivity index (χ3n) is 5.65. The van der Waals surface area contributed by atoms with Crippen LogP contribution in [0.5, 0.6) is 0 Å². The van der Waals surface area contributed by atoms with E-state index in [-0.39, 0.29) is 18.9 Å². The number of amides is 4. The molecular weight excluding hydrogens is 421 g/mol. The van der Waals surface area contributed by atoms with E-state index in [1.165, 1.54) is 0 Å². The summed E-state index contributed by atoms with van der Waals surface area (Å²) in [5, 5.41) is 24.7. The minimum Gasteiger partial charge on any atom is -0.426 e. The van der Waals surface area contributed by atoms with Crippen molar-refractivity contribution >= 4 is 25.0 Å². The Morgan fingerprint density at radius 1 is 1.03 bits per heavy atom. The molecule has 2 aromatic carbocycles. The third-order valence-corrected chi connectivity index (χ3v) is 5.65. The summed E-state index contributed by atoms with van der Waals surface area (Å²) in [6.45, 7) is 4.03. The first-order valence-corrected chi connectivity index (χ1v) is 11.2. The summed E-state index contributed by atoms with van der Waals surface area (Å²) in [4.78, 5) is 40.1. The van der Waals surface area contributed by atoms with Crippen molar-refractivity contribution in [3.63, 3.8) is 0 Å². The SMILES string of the molecule is CC(C)C[C@H](NC(=O)[C@H](Cc1ccccc1)NC(=O)N1CCc2ccccc2C1=O)B(O)O. The van der Waals surface area contributed by atoms with Crippen LogP contribution in [-0.4, -0.2) is 58.4 Å². The molecule has 2 atom stereocenters. The van der Waals surface area contributed by atoms with Crippen LogP contribution in [-0.2, 0) is 17.6 Å². The van der Waals surface area contributed by atoms with E-state index in [9.17, 15) is 24.4 Å². The quantitative estimate of drug-likeness (QED) is 0.454. The van der Waals surface area contributed by atoms with Gasteiger partial charge in [-0.2, -0.15) is 0 Å². The lowest BCUT2D eigenvalue weighted by Gasteiger charge is -2.29. The smallest absolute Gasteiger partial charge is 0.426 e. The molecule has 2 aromatic rings. The monoisotopic (exact) mass is 451 g/mol. The van der Waals surface area contributed by atoms with E-state index >= 15 is 0 Å². The predicted molar refractivity (Wildman–Crippen MR) is 125 cm³/mol. The zero-order valence-electron chi connectivity index (χ0n) is 18.9. The number of imide groups is 1. The molecule has 0 bridgehead atoms.